The van der Waals surface area contributed by atoms with E-state index in [9.17, 15) is 9.59 Å². The molecule has 0 bridgehead atoms. The molecule has 1 rings (SSSR count). The lowest BCUT2D eigenvalue weighted by Gasteiger charge is -2.02. The summed E-state index contributed by atoms with van der Waals surface area (Å²) in [5.74, 6) is -1.55. The molecule has 1 amide bonds. The number of benzene rings is 1. The average Bonchev–Trinajstić information content (AvgIpc) is 2.16. The van der Waals surface area contributed by atoms with Crippen LogP contribution in [0.1, 0.15) is 10.4 Å². The average molecular weight is 195 g/mol. The van der Waals surface area contributed by atoms with Gasteiger partial charge in [-0.2, -0.15) is 0 Å². The molecule has 0 aromatic heterocycles. The summed E-state index contributed by atoms with van der Waals surface area (Å²) in [6.45, 7) is 0. The lowest BCUT2D eigenvalue weighted by molar-refractivity contribution is -0.114. The molecule has 0 fully saturated rings. The first kappa shape index (κ1) is 9.80. The number of carbonyl (C=O) groups is 2. The van der Waals surface area contributed by atoms with E-state index < -0.39 is 11.7 Å². The summed E-state index contributed by atoms with van der Waals surface area (Å²) in [6, 6.07) is 6.89. The van der Waals surface area contributed by atoms with Gasteiger partial charge in [0, 0.05) is 10.5 Å². The molecular weight excluding hydrogens is 186 g/mol. The van der Waals surface area contributed by atoms with Crippen LogP contribution in [0.2, 0.25) is 0 Å². The van der Waals surface area contributed by atoms with Crippen LogP contribution in [-0.4, -0.2) is 17.9 Å². The number of primary amides is 1. The van der Waals surface area contributed by atoms with E-state index in [1.54, 1.807) is 18.2 Å². The quantitative estimate of drug-likeness (QED) is 0.446. The van der Waals surface area contributed by atoms with Crippen LogP contribution in [0.15, 0.2) is 29.2 Å². The molecule has 0 saturated heterocycles. The van der Waals surface area contributed by atoms with Gasteiger partial charge in [-0.15, -0.1) is 11.8 Å². The Morgan fingerprint density at radius 1 is 1.31 bits per heavy atom. The first-order valence-corrected chi connectivity index (χ1v) is 4.86. The van der Waals surface area contributed by atoms with Crippen molar-refractivity contribution in [3.63, 3.8) is 0 Å². The third-order valence-corrected chi connectivity index (χ3v) is 2.37. The molecule has 4 heteroatoms. The Kier molecular flexibility index (Phi) is 3.08. The molecule has 0 atom stereocenters. The van der Waals surface area contributed by atoms with Crippen LogP contribution in [0, 0.1) is 0 Å². The van der Waals surface area contributed by atoms with Crippen molar-refractivity contribution in [2.75, 3.05) is 6.26 Å². The zero-order chi connectivity index (χ0) is 9.84. The van der Waals surface area contributed by atoms with Crippen molar-refractivity contribution in [2.45, 2.75) is 4.90 Å². The standard InChI is InChI=1S/C9H9NO2S/c1-13-7-5-3-2-4-6(7)8(11)9(10)12/h2-5H,1H3,(H2,10,12). The topological polar surface area (TPSA) is 60.2 Å². The van der Waals surface area contributed by atoms with Crippen LogP contribution in [0.3, 0.4) is 0 Å². The van der Waals surface area contributed by atoms with Crippen molar-refractivity contribution >= 4 is 23.5 Å². The zero-order valence-electron chi connectivity index (χ0n) is 7.11. The smallest absolute Gasteiger partial charge is 0.289 e. The third kappa shape index (κ3) is 2.09. The number of ketones is 1. The van der Waals surface area contributed by atoms with Crippen LogP contribution < -0.4 is 5.73 Å². The van der Waals surface area contributed by atoms with Crippen molar-refractivity contribution in [1.29, 1.82) is 0 Å². The van der Waals surface area contributed by atoms with E-state index in [1.165, 1.54) is 11.8 Å². The summed E-state index contributed by atoms with van der Waals surface area (Å²) in [4.78, 5) is 22.6. The molecule has 0 saturated carbocycles. The van der Waals surface area contributed by atoms with Gasteiger partial charge >= 0.3 is 0 Å². The summed E-state index contributed by atoms with van der Waals surface area (Å²) in [7, 11) is 0. The van der Waals surface area contributed by atoms with Gasteiger partial charge in [-0.25, -0.2) is 0 Å². The molecule has 0 aliphatic carbocycles. The van der Waals surface area contributed by atoms with Crippen molar-refractivity contribution in [3.8, 4) is 0 Å². The fraction of sp³-hybridized carbons (Fsp3) is 0.111. The molecule has 13 heavy (non-hydrogen) atoms. The van der Waals surface area contributed by atoms with Gasteiger partial charge in [0.1, 0.15) is 0 Å². The number of carbonyl (C=O) groups excluding carboxylic acids is 2. The monoisotopic (exact) mass is 195 g/mol. The van der Waals surface area contributed by atoms with Crippen LogP contribution in [0.25, 0.3) is 0 Å². The second kappa shape index (κ2) is 4.09. The van der Waals surface area contributed by atoms with Gasteiger partial charge in [-0.1, -0.05) is 12.1 Å². The van der Waals surface area contributed by atoms with E-state index in [4.69, 9.17) is 5.73 Å². The van der Waals surface area contributed by atoms with Gasteiger partial charge in [0.2, 0.25) is 0 Å². The van der Waals surface area contributed by atoms with Gasteiger partial charge in [-0.3, -0.25) is 9.59 Å². The Hall–Kier alpha value is -1.29. The van der Waals surface area contributed by atoms with Crippen molar-refractivity contribution in [2.24, 2.45) is 5.73 Å². The van der Waals surface area contributed by atoms with Gasteiger partial charge in [0.15, 0.2) is 0 Å². The maximum absolute atomic E-state index is 11.2. The largest absolute Gasteiger partial charge is 0.363 e. The predicted octanol–water partition coefficient (Wildman–Crippen LogP) is 1.08. The Balaban J connectivity index is 3.13. The van der Waals surface area contributed by atoms with E-state index >= 15 is 0 Å². The van der Waals surface area contributed by atoms with E-state index in [1.807, 2.05) is 12.3 Å². The molecule has 0 aliphatic heterocycles. The van der Waals surface area contributed by atoms with Crippen LogP contribution in [0.4, 0.5) is 0 Å². The summed E-state index contributed by atoms with van der Waals surface area (Å²) in [5, 5.41) is 0. The summed E-state index contributed by atoms with van der Waals surface area (Å²) < 4.78 is 0. The highest BCUT2D eigenvalue weighted by molar-refractivity contribution is 7.98. The maximum Gasteiger partial charge on any atom is 0.289 e. The van der Waals surface area contributed by atoms with Crippen molar-refractivity contribution < 1.29 is 9.59 Å². The van der Waals surface area contributed by atoms with E-state index in [0.717, 1.165) is 4.90 Å². The van der Waals surface area contributed by atoms with Crippen LogP contribution >= 0.6 is 11.8 Å². The second-order valence-electron chi connectivity index (χ2n) is 2.39. The Morgan fingerprint density at radius 3 is 2.46 bits per heavy atom. The summed E-state index contributed by atoms with van der Waals surface area (Å²) >= 11 is 1.41. The molecule has 68 valence electrons. The molecule has 0 aliphatic rings. The summed E-state index contributed by atoms with van der Waals surface area (Å²) in [6.07, 6.45) is 1.84. The van der Waals surface area contributed by atoms with Crippen molar-refractivity contribution in [1.82, 2.24) is 0 Å². The lowest BCUT2D eigenvalue weighted by atomic mass is 10.1. The Labute approximate surface area is 80.3 Å². The van der Waals surface area contributed by atoms with E-state index in [0.29, 0.717) is 5.56 Å². The predicted molar refractivity (Wildman–Crippen MR) is 51.7 cm³/mol. The molecule has 0 spiro atoms. The highest BCUT2D eigenvalue weighted by Crippen LogP contribution is 2.19. The minimum Gasteiger partial charge on any atom is -0.363 e. The van der Waals surface area contributed by atoms with E-state index in [2.05, 4.69) is 0 Å². The number of hydrogen-bond acceptors (Lipinski definition) is 3. The molecular formula is C9H9NO2S. The molecule has 1 aromatic rings. The molecule has 1 aromatic carbocycles. The maximum atomic E-state index is 11.2. The zero-order valence-corrected chi connectivity index (χ0v) is 7.93. The third-order valence-electron chi connectivity index (χ3n) is 1.58. The fourth-order valence-corrected chi connectivity index (χ4v) is 1.56. The number of thioether (sulfide) groups is 1. The first-order valence-electron chi connectivity index (χ1n) is 3.64. The number of amides is 1. The molecule has 0 radical (unpaired) electrons. The second-order valence-corrected chi connectivity index (χ2v) is 3.24. The van der Waals surface area contributed by atoms with Gasteiger partial charge < -0.3 is 5.73 Å². The van der Waals surface area contributed by atoms with Crippen LogP contribution in [-0.2, 0) is 4.79 Å². The Morgan fingerprint density at radius 2 is 1.92 bits per heavy atom. The SMILES string of the molecule is CSc1ccccc1C(=O)C(N)=O. The molecule has 0 unspecified atom stereocenters. The number of rotatable bonds is 3. The highest BCUT2D eigenvalue weighted by atomic mass is 32.2. The van der Waals surface area contributed by atoms with Crippen LogP contribution in [0.5, 0.6) is 0 Å². The molecule has 0 heterocycles. The van der Waals surface area contributed by atoms with Crippen molar-refractivity contribution in [3.05, 3.63) is 29.8 Å². The number of hydrogen-bond donors (Lipinski definition) is 1. The number of Topliss-reactive ketones (excluding diaryl/α,β-unsaturated/α-hetero) is 1. The Bertz CT molecular complexity index is 349. The minimum absolute atomic E-state index is 0.377. The molecule has 2 N–H and O–H groups in total. The first-order chi connectivity index (χ1) is 6.16. The fourth-order valence-electron chi connectivity index (χ4n) is 0.965. The number of nitrogens with two attached hydrogens (primary N) is 1. The highest BCUT2D eigenvalue weighted by Gasteiger charge is 2.14. The van der Waals surface area contributed by atoms with Gasteiger partial charge in [-0.05, 0) is 18.4 Å². The minimum atomic E-state index is -0.915. The molecule has 3 nitrogen and oxygen atoms in total. The van der Waals surface area contributed by atoms with Gasteiger partial charge in [0.25, 0.3) is 11.7 Å². The van der Waals surface area contributed by atoms with Gasteiger partial charge in [0.05, 0.1) is 0 Å². The normalized spacial score (nSPS) is 9.62. The summed E-state index contributed by atoms with van der Waals surface area (Å²) in [5.41, 5.74) is 5.27. The lowest BCUT2D eigenvalue weighted by Crippen LogP contribution is -2.23. The van der Waals surface area contributed by atoms with E-state index in [-0.39, 0.29) is 0 Å².